The van der Waals surface area contributed by atoms with Gasteiger partial charge in [-0.05, 0) is 36.6 Å². The SMILES string of the molecule is CN(c1ccc(C(=O)N2CCCC2c2ccccc2)cc1C(=O)O)S(C)(=O)=O. The molecule has 1 heterocycles. The summed E-state index contributed by atoms with van der Waals surface area (Å²) in [4.78, 5) is 26.5. The minimum Gasteiger partial charge on any atom is -0.478 e. The molecule has 8 heteroatoms. The third-order valence-corrected chi connectivity index (χ3v) is 6.20. The Bertz CT molecular complexity index is 1000. The molecule has 1 saturated heterocycles. The number of hydrogen-bond donors (Lipinski definition) is 1. The molecule has 3 rings (SSSR count). The van der Waals surface area contributed by atoms with Crippen molar-refractivity contribution in [2.75, 3.05) is 24.2 Å². The molecule has 1 atom stereocenters. The smallest absolute Gasteiger partial charge is 0.337 e. The number of anilines is 1. The maximum absolute atomic E-state index is 13.1. The molecule has 0 spiro atoms. The molecule has 1 amide bonds. The number of carbonyl (C=O) groups excluding carboxylic acids is 1. The summed E-state index contributed by atoms with van der Waals surface area (Å²) >= 11 is 0. The van der Waals surface area contributed by atoms with Crippen molar-refractivity contribution < 1.29 is 23.1 Å². The average Bonchev–Trinajstić information content (AvgIpc) is 3.16. The molecule has 1 N–H and O–H groups in total. The lowest BCUT2D eigenvalue weighted by Crippen LogP contribution is -2.31. The van der Waals surface area contributed by atoms with Crippen molar-refractivity contribution in [3.8, 4) is 0 Å². The lowest BCUT2D eigenvalue weighted by atomic mass is 10.0. The van der Waals surface area contributed by atoms with E-state index in [4.69, 9.17) is 0 Å². The van der Waals surface area contributed by atoms with Gasteiger partial charge in [-0.15, -0.1) is 0 Å². The third kappa shape index (κ3) is 3.87. The van der Waals surface area contributed by atoms with Gasteiger partial charge in [-0.1, -0.05) is 30.3 Å². The number of likely N-dealkylation sites (tertiary alicyclic amines) is 1. The van der Waals surface area contributed by atoms with E-state index in [0.29, 0.717) is 6.54 Å². The first-order valence-electron chi connectivity index (χ1n) is 8.87. The van der Waals surface area contributed by atoms with Crippen LogP contribution in [-0.2, 0) is 10.0 Å². The van der Waals surface area contributed by atoms with Crippen LogP contribution < -0.4 is 4.31 Å². The molecule has 2 aromatic carbocycles. The number of carboxylic acid groups (broad SMARTS) is 1. The monoisotopic (exact) mass is 402 g/mol. The largest absolute Gasteiger partial charge is 0.478 e. The molecule has 0 saturated carbocycles. The summed E-state index contributed by atoms with van der Waals surface area (Å²) < 4.78 is 24.5. The Morgan fingerprint density at radius 1 is 1.14 bits per heavy atom. The van der Waals surface area contributed by atoms with E-state index in [2.05, 4.69) is 0 Å². The highest BCUT2D eigenvalue weighted by Gasteiger charge is 2.31. The molecular formula is C20H22N2O5S. The number of benzene rings is 2. The fourth-order valence-corrected chi connectivity index (χ4v) is 4.01. The molecule has 7 nitrogen and oxygen atoms in total. The Labute approximate surface area is 164 Å². The molecule has 0 radical (unpaired) electrons. The maximum atomic E-state index is 13.1. The fraction of sp³-hybridized carbons (Fsp3) is 0.300. The van der Waals surface area contributed by atoms with Crippen LogP contribution in [0.4, 0.5) is 5.69 Å². The van der Waals surface area contributed by atoms with Gasteiger partial charge < -0.3 is 10.0 Å². The van der Waals surface area contributed by atoms with Gasteiger partial charge in [-0.3, -0.25) is 9.10 Å². The summed E-state index contributed by atoms with van der Waals surface area (Å²) in [5, 5.41) is 9.54. The molecule has 0 bridgehead atoms. The van der Waals surface area contributed by atoms with E-state index in [0.717, 1.165) is 29.0 Å². The topological polar surface area (TPSA) is 95.0 Å². The highest BCUT2D eigenvalue weighted by Crippen LogP contribution is 2.33. The number of hydrogen-bond acceptors (Lipinski definition) is 4. The number of aromatic carboxylic acids is 1. The normalized spacial score (nSPS) is 16.8. The summed E-state index contributed by atoms with van der Waals surface area (Å²) in [5.74, 6) is -1.55. The minimum atomic E-state index is -3.63. The molecule has 148 valence electrons. The van der Waals surface area contributed by atoms with Crippen LogP contribution >= 0.6 is 0 Å². The van der Waals surface area contributed by atoms with Crippen LogP contribution in [-0.4, -0.2) is 50.1 Å². The van der Waals surface area contributed by atoms with Crippen LogP contribution in [0.25, 0.3) is 0 Å². The Hall–Kier alpha value is -2.87. The molecule has 28 heavy (non-hydrogen) atoms. The van der Waals surface area contributed by atoms with Crippen LogP contribution in [0.5, 0.6) is 0 Å². The summed E-state index contributed by atoms with van der Waals surface area (Å²) in [6.07, 6.45) is 2.70. The highest BCUT2D eigenvalue weighted by molar-refractivity contribution is 7.92. The third-order valence-electron chi connectivity index (χ3n) is 5.01. The van der Waals surface area contributed by atoms with E-state index in [9.17, 15) is 23.1 Å². The predicted molar refractivity (Wildman–Crippen MR) is 106 cm³/mol. The molecule has 0 aromatic heterocycles. The maximum Gasteiger partial charge on any atom is 0.337 e. The zero-order valence-corrected chi connectivity index (χ0v) is 16.5. The number of amides is 1. The molecular weight excluding hydrogens is 380 g/mol. The van der Waals surface area contributed by atoms with E-state index in [1.54, 1.807) is 4.90 Å². The van der Waals surface area contributed by atoms with Gasteiger partial charge in [0.1, 0.15) is 0 Å². The Balaban J connectivity index is 1.96. The molecule has 1 aliphatic heterocycles. The van der Waals surface area contributed by atoms with Crippen molar-refractivity contribution >= 4 is 27.6 Å². The number of carbonyl (C=O) groups is 2. The summed E-state index contributed by atoms with van der Waals surface area (Å²) in [6.45, 7) is 0.589. The standard InChI is InChI=1S/C20H22N2O5S/c1-21(28(2,26)27)18-11-10-15(13-16(18)20(24)25)19(23)22-12-6-9-17(22)14-7-4-3-5-8-14/h3-5,7-8,10-11,13,17H,6,9,12H2,1-2H3,(H,24,25). The van der Waals surface area contributed by atoms with Gasteiger partial charge in [0.05, 0.1) is 23.5 Å². The van der Waals surface area contributed by atoms with Gasteiger partial charge >= 0.3 is 5.97 Å². The fourth-order valence-electron chi connectivity index (χ4n) is 3.49. The molecule has 1 aliphatic rings. The van der Waals surface area contributed by atoms with Gasteiger partial charge in [0.25, 0.3) is 5.91 Å². The molecule has 1 fully saturated rings. The Kier molecular flexibility index (Phi) is 5.42. The van der Waals surface area contributed by atoms with Crippen molar-refractivity contribution in [2.24, 2.45) is 0 Å². The number of rotatable bonds is 5. The quantitative estimate of drug-likeness (QED) is 0.830. The second-order valence-electron chi connectivity index (χ2n) is 6.83. The Morgan fingerprint density at radius 3 is 2.43 bits per heavy atom. The second kappa shape index (κ2) is 7.63. The molecule has 0 aliphatic carbocycles. The zero-order valence-electron chi connectivity index (χ0n) is 15.7. The molecule has 1 unspecified atom stereocenters. The van der Waals surface area contributed by atoms with Gasteiger partial charge in [-0.2, -0.15) is 0 Å². The van der Waals surface area contributed by atoms with Crippen molar-refractivity contribution in [3.05, 3.63) is 65.2 Å². The van der Waals surface area contributed by atoms with Crippen molar-refractivity contribution in [2.45, 2.75) is 18.9 Å². The number of nitrogens with zero attached hydrogens (tertiary/aromatic N) is 2. The van der Waals surface area contributed by atoms with Crippen LogP contribution in [0.3, 0.4) is 0 Å². The van der Waals surface area contributed by atoms with Gasteiger partial charge in [0.15, 0.2) is 0 Å². The van der Waals surface area contributed by atoms with E-state index in [1.807, 2.05) is 30.3 Å². The van der Waals surface area contributed by atoms with Crippen LogP contribution in [0.1, 0.15) is 45.2 Å². The van der Waals surface area contributed by atoms with E-state index in [-0.39, 0.29) is 28.8 Å². The van der Waals surface area contributed by atoms with Gasteiger partial charge in [-0.25, -0.2) is 13.2 Å². The first-order chi connectivity index (χ1) is 13.2. The minimum absolute atomic E-state index is 0.0209. The first kappa shape index (κ1) is 19.9. The summed E-state index contributed by atoms with van der Waals surface area (Å²) in [6, 6.07) is 13.8. The summed E-state index contributed by atoms with van der Waals surface area (Å²) in [7, 11) is -2.35. The van der Waals surface area contributed by atoms with Crippen molar-refractivity contribution in [1.29, 1.82) is 0 Å². The van der Waals surface area contributed by atoms with Crippen LogP contribution in [0, 0.1) is 0 Å². The van der Waals surface area contributed by atoms with Crippen molar-refractivity contribution in [3.63, 3.8) is 0 Å². The molecule has 2 aromatic rings. The Morgan fingerprint density at radius 2 is 1.82 bits per heavy atom. The number of sulfonamides is 1. The van der Waals surface area contributed by atoms with E-state index < -0.39 is 16.0 Å². The van der Waals surface area contributed by atoms with E-state index in [1.165, 1.54) is 25.2 Å². The zero-order chi connectivity index (χ0) is 20.5. The lowest BCUT2D eigenvalue weighted by molar-refractivity contribution is 0.0697. The first-order valence-corrected chi connectivity index (χ1v) is 10.7. The van der Waals surface area contributed by atoms with Gasteiger partial charge in [0.2, 0.25) is 10.0 Å². The summed E-state index contributed by atoms with van der Waals surface area (Å²) in [5.41, 5.74) is 1.06. The van der Waals surface area contributed by atoms with Crippen LogP contribution in [0.15, 0.2) is 48.5 Å². The predicted octanol–water partition coefficient (Wildman–Crippen LogP) is 2.76. The second-order valence-corrected chi connectivity index (χ2v) is 8.85. The number of carboxylic acids is 1. The highest BCUT2D eigenvalue weighted by atomic mass is 32.2. The van der Waals surface area contributed by atoms with E-state index >= 15 is 0 Å². The van der Waals surface area contributed by atoms with Gasteiger partial charge in [0, 0.05) is 19.2 Å². The lowest BCUT2D eigenvalue weighted by Gasteiger charge is -2.26. The van der Waals surface area contributed by atoms with Crippen molar-refractivity contribution in [1.82, 2.24) is 4.90 Å². The average molecular weight is 402 g/mol. The van der Waals surface area contributed by atoms with Crippen LogP contribution in [0.2, 0.25) is 0 Å².